The van der Waals surface area contributed by atoms with Crippen LogP contribution in [0, 0.1) is 0 Å². The van der Waals surface area contributed by atoms with Crippen molar-refractivity contribution in [3.63, 3.8) is 0 Å². The maximum Gasteiger partial charge on any atom is 0.317 e. The zero-order valence-electron chi connectivity index (χ0n) is 9.84. The summed E-state index contributed by atoms with van der Waals surface area (Å²) >= 11 is 0. The number of aliphatic carboxylic acids is 1. The van der Waals surface area contributed by atoms with E-state index in [1.54, 1.807) is 18.2 Å². The molecule has 7 nitrogen and oxygen atoms in total. The van der Waals surface area contributed by atoms with Gasteiger partial charge in [0, 0.05) is 6.54 Å². The maximum absolute atomic E-state index is 12.0. The van der Waals surface area contributed by atoms with Gasteiger partial charge in [-0.15, -0.1) is 0 Å². The van der Waals surface area contributed by atoms with E-state index in [1.165, 1.54) is 4.57 Å². The van der Waals surface area contributed by atoms with Crippen molar-refractivity contribution in [1.29, 1.82) is 0 Å². The molecular weight excluding hydrogens is 250 g/mol. The highest BCUT2D eigenvalue weighted by atomic mass is 16.4. The zero-order valence-corrected chi connectivity index (χ0v) is 9.84. The minimum absolute atomic E-state index is 0.209. The van der Waals surface area contributed by atoms with Crippen molar-refractivity contribution in [2.45, 2.75) is 12.5 Å². The number of para-hydroxylation sites is 1. The molecule has 0 saturated heterocycles. The lowest BCUT2D eigenvalue weighted by Gasteiger charge is -2.27. The van der Waals surface area contributed by atoms with E-state index in [0.29, 0.717) is 23.3 Å². The number of benzene rings is 1. The normalized spacial score (nSPS) is 17.2. The molecule has 1 aromatic heterocycles. The number of hydrogen-bond acceptors (Lipinski definition) is 4. The van der Waals surface area contributed by atoms with Crippen LogP contribution in [0.5, 0.6) is 0 Å². The van der Waals surface area contributed by atoms with E-state index in [9.17, 15) is 14.4 Å². The molecule has 0 radical (unpaired) electrons. The fourth-order valence-electron chi connectivity index (χ4n) is 2.47. The van der Waals surface area contributed by atoms with E-state index in [2.05, 4.69) is 10.3 Å². The molecule has 1 aliphatic rings. The summed E-state index contributed by atoms with van der Waals surface area (Å²) in [5, 5.41) is 12.0. The second-order valence-corrected chi connectivity index (χ2v) is 4.46. The molecule has 0 amide bonds. The van der Waals surface area contributed by atoms with Crippen molar-refractivity contribution in [2.24, 2.45) is 0 Å². The fraction of sp³-hybridized carbons (Fsp3) is 0.250. The Bertz CT molecular complexity index is 790. The van der Waals surface area contributed by atoms with Crippen molar-refractivity contribution < 1.29 is 9.90 Å². The van der Waals surface area contributed by atoms with Gasteiger partial charge in [-0.2, -0.15) is 0 Å². The van der Waals surface area contributed by atoms with Gasteiger partial charge in [0.1, 0.15) is 0 Å². The minimum atomic E-state index is -1.01. The Balaban J connectivity index is 2.38. The van der Waals surface area contributed by atoms with Crippen LogP contribution >= 0.6 is 0 Å². The average molecular weight is 261 g/mol. The third-order valence-corrected chi connectivity index (χ3v) is 3.24. The molecule has 0 aliphatic carbocycles. The van der Waals surface area contributed by atoms with Gasteiger partial charge in [0.05, 0.1) is 29.2 Å². The van der Waals surface area contributed by atoms with Crippen LogP contribution in [0.15, 0.2) is 27.8 Å². The smallest absolute Gasteiger partial charge is 0.317 e. The first-order chi connectivity index (χ1) is 9.08. The summed E-state index contributed by atoms with van der Waals surface area (Å²) in [5.74, 6) is -1.01. The van der Waals surface area contributed by atoms with Gasteiger partial charge in [0.15, 0.2) is 0 Å². The number of aromatic nitrogens is 2. The zero-order chi connectivity index (χ0) is 13.6. The van der Waals surface area contributed by atoms with Gasteiger partial charge in [-0.05, 0) is 12.1 Å². The predicted octanol–water partition coefficient (Wildman–Crippen LogP) is 0.131. The summed E-state index contributed by atoms with van der Waals surface area (Å²) in [5.41, 5.74) is 0.330. The highest BCUT2D eigenvalue weighted by Gasteiger charge is 2.25. The second-order valence-electron chi connectivity index (χ2n) is 4.46. The van der Waals surface area contributed by atoms with Crippen LogP contribution in [0.2, 0.25) is 0 Å². The van der Waals surface area contributed by atoms with Crippen LogP contribution < -0.4 is 16.4 Å². The summed E-state index contributed by atoms with van der Waals surface area (Å²) in [4.78, 5) is 37.0. The molecule has 19 heavy (non-hydrogen) atoms. The Morgan fingerprint density at radius 2 is 2.21 bits per heavy atom. The van der Waals surface area contributed by atoms with Crippen molar-refractivity contribution in [1.82, 2.24) is 9.55 Å². The van der Waals surface area contributed by atoms with Crippen molar-refractivity contribution >= 4 is 22.7 Å². The van der Waals surface area contributed by atoms with Crippen LogP contribution in [-0.2, 0) is 4.79 Å². The Labute approximate surface area is 106 Å². The highest BCUT2D eigenvalue weighted by Crippen LogP contribution is 2.28. The minimum Gasteiger partial charge on any atom is -0.481 e. The molecular formula is C12H11N3O4. The van der Waals surface area contributed by atoms with E-state index in [0.717, 1.165) is 0 Å². The van der Waals surface area contributed by atoms with Crippen LogP contribution in [0.25, 0.3) is 11.0 Å². The number of nitrogens with one attached hydrogen (secondary N) is 2. The molecule has 98 valence electrons. The van der Waals surface area contributed by atoms with Crippen LogP contribution in [0.1, 0.15) is 12.5 Å². The van der Waals surface area contributed by atoms with Gasteiger partial charge in [-0.3, -0.25) is 19.0 Å². The van der Waals surface area contributed by atoms with Crippen molar-refractivity contribution in [2.75, 3.05) is 11.9 Å². The van der Waals surface area contributed by atoms with Crippen LogP contribution in [0.4, 0.5) is 5.69 Å². The summed E-state index contributed by atoms with van der Waals surface area (Å²) in [6.07, 6.45) is -0.209. The first-order valence-electron chi connectivity index (χ1n) is 5.81. The third-order valence-electron chi connectivity index (χ3n) is 3.24. The van der Waals surface area contributed by atoms with E-state index in [4.69, 9.17) is 5.11 Å². The van der Waals surface area contributed by atoms with Crippen LogP contribution in [-0.4, -0.2) is 27.2 Å². The first kappa shape index (κ1) is 11.5. The van der Waals surface area contributed by atoms with E-state index >= 15 is 0 Å². The monoisotopic (exact) mass is 261 g/mol. The lowest BCUT2D eigenvalue weighted by molar-refractivity contribution is -0.137. The molecule has 1 atom stereocenters. The van der Waals surface area contributed by atoms with E-state index < -0.39 is 23.1 Å². The number of hydrogen-bond donors (Lipinski definition) is 3. The number of aromatic amines is 1. The van der Waals surface area contributed by atoms with Crippen molar-refractivity contribution in [3.05, 3.63) is 38.9 Å². The van der Waals surface area contributed by atoms with Gasteiger partial charge in [-0.25, -0.2) is 0 Å². The highest BCUT2D eigenvalue weighted by molar-refractivity contribution is 5.89. The summed E-state index contributed by atoms with van der Waals surface area (Å²) in [7, 11) is 0. The number of carbonyl (C=O) groups is 1. The molecule has 0 spiro atoms. The lowest BCUT2D eigenvalue weighted by atomic mass is 10.1. The third kappa shape index (κ3) is 1.70. The Morgan fingerprint density at radius 3 is 2.95 bits per heavy atom. The fourth-order valence-corrected chi connectivity index (χ4v) is 2.47. The number of carboxylic acids is 1. The molecule has 3 rings (SSSR count). The lowest BCUT2D eigenvalue weighted by Crippen LogP contribution is -2.42. The first-order valence-corrected chi connectivity index (χ1v) is 5.81. The summed E-state index contributed by atoms with van der Waals surface area (Å²) < 4.78 is 1.29. The molecule has 7 heteroatoms. The average Bonchev–Trinajstić information content (AvgIpc) is 2.36. The number of rotatable bonds is 2. The number of carboxylic acid groups (broad SMARTS) is 1. The van der Waals surface area contributed by atoms with Gasteiger partial charge >= 0.3 is 17.1 Å². The molecule has 2 aromatic rings. The molecule has 2 heterocycles. The Morgan fingerprint density at radius 1 is 1.42 bits per heavy atom. The molecule has 3 N–H and O–H groups in total. The summed E-state index contributed by atoms with van der Waals surface area (Å²) in [6.45, 7) is 0.307. The topological polar surface area (TPSA) is 104 Å². The molecule has 0 bridgehead atoms. The molecule has 1 aliphatic heterocycles. The van der Waals surface area contributed by atoms with Gasteiger partial charge in [0.2, 0.25) is 0 Å². The van der Waals surface area contributed by atoms with E-state index in [1.807, 2.05) is 0 Å². The number of anilines is 1. The Hall–Kier alpha value is -2.57. The summed E-state index contributed by atoms with van der Waals surface area (Å²) in [6, 6.07) is 4.66. The number of H-pyrrole nitrogens is 1. The van der Waals surface area contributed by atoms with Gasteiger partial charge in [0.25, 0.3) is 0 Å². The Kier molecular flexibility index (Phi) is 2.41. The quantitative estimate of drug-likeness (QED) is 0.667. The van der Waals surface area contributed by atoms with Crippen molar-refractivity contribution in [3.8, 4) is 0 Å². The maximum atomic E-state index is 12.0. The molecule has 0 fully saturated rings. The van der Waals surface area contributed by atoms with Crippen LogP contribution in [0.3, 0.4) is 0 Å². The van der Waals surface area contributed by atoms with Gasteiger partial charge in [-0.1, -0.05) is 6.07 Å². The number of nitrogens with zero attached hydrogens (tertiary/aromatic N) is 1. The molecule has 0 saturated carbocycles. The SMILES string of the molecule is O=C(O)C[C@@H]1CNc2cccc3[nH]c(=O)c(=O)n1c23. The second kappa shape index (κ2) is 3.98. The van der Waals surface area contributed by atoms with Gasteiger partial charge < -0.3 is 15.4 Å². The standard InChI is InChI=1S/C12H11N3O4/c16-9(17)4-6-5-13-7-2-1-3-8-10(7)15(6)12(19)11(18)14-8/h1-3,6,13H,4-5H2,(H,14,18)(H,16,17)/t6-/m1/s1. The predicted molar refractivity (Wildman–Crippen MR) is 68.6 cm³/mol. The largest absolute Gasteiger partial charge is 0.481 e. The molecule has 1 aromatic carbocycles. The molecule has 0 unspecified atom stereocenters. The van der Waals surface area contributed by atoms with E-state index in [-0.39, 0.29) is 6.42 Å².